The van der Waals surface area contributed by atoms with E-state index in [4.69, 9.17) is 5.73 Å². The summed E-state index contributed by atoms with van der Waals surface area (Å²) in [6.45, 7) is 3.99. The molecule has 1 saturated heterocycles. The molecule has 1 unspecified atom stereocenters. The van der Waals surface area contributed by atoms with E-state index < -0.39 is 36.0 Å². The van der Waals surface area contributed by atoms with Gasteiger partial charge in [-0.1, -0.05) is 80.1 Å². The second kappa shape index (κ2) is 12.2. The van der Waals surface area contributed by atoms with Gasteiger partial charge in [-0.15, -0.1) is 5.10 Å². The van der Waals surface area contributed by atoms with Crippen LogP contribution in [-0.4, -0.2) is 67.5 Å². The summed E-state index contributed by atoms with van der Waals surface area (Å²) < 4.78 is 1.61. The van der Waals surface area contributed by atoms with Gasteiger partial charge in [0.25, 0.3) is 0 Å². The van der Waals surface area contributed by atoms with Crippen molar-refractivity contribution in [1.29, 1.82) is 0 Å². The summed E-state index contributed by atoms with van der Waals surface area (Å²) in [7, 11) is 0. The number of carbonyl (C=O) groups excluding carboxylic acids is 3. The molecule has 2 fully saturated rings. The number of benzene rings is 2. The molecule has 5 atom stereocenters. The van der Waals surface area contributed by atoms with Gasteiger partial charge < -0.3 is 21.1 Å². The van der Waals surface area contributed by atoms with E-state index >= 15 is 0 Å². The van der Waals surface area contributed by atoms with Crippen LogP contribution in [0.4, 0.5) is 0 Å². The second-order valence-electron chi connectivity index (χ2n) is 11.4. The first-order chi connectivity index (χ1) is 19.7. The molecule has 1 aliphatic carbocycles. The van der Waals surface area contributed by atoms with E-state index in [0.717, 1.165) is 41.6 Å². The maximum absolute atomic E-state index is 13.9. The van der Waals surface area contributed by atoms with Gasteiger partial charge in [-0.25, -0.2) is 4.68 Å². The Labute approximate surface area is 239 Å². The number of rotatable bonds is 11. The summed E-state index contributed by atoms with van der Waals surface area (Å²) in [5.74, 6) is -1.16. The Morgan fingerprint density at radius 1 is 1.07 bits per heavy atom. The van der Waals surface area contributed by atoms with Crippen LogP contribution in [0.15, 0.2) is 60.8 Å². The summed E-state index contributed by atoms with van der Waals surface area (Å²) in [6, 6.07) is 15.1. The van der Waals surface area contributed by atoms with Gasteiger partial charge in [0.15, 0.2) is 0 Å². The Kier molecular flexibility index (Phi) is 8.49. The summed E-state index contributed by atoms with van der Waals surface area (Å²) in [6.07, 6.45) is 4.11. The van der Waals surface area contributed by atoms with Gasteiger partial charge in [-0.3, -0.25) is 14.4 Å². The van der Waals surface area contributed by atoms with Crippen LogP contribution in [-0.2, 0) is 20.8 Å². The number of nitrogens with zero attached hydrogens (tertiary/aromatic N) is 4. The molecule has 1 aliphatic heterocycles. The lowest BCUT2D eigenvalue weighted by atomic mass is 9.97. The first-order valence-corrected chi connectivity index (χ1v) is 14.4. The molecular weight excluding hydrogens is 520 g/mol. The SMILES string of the molecule is CC[C@H](C)[C@@H](C(=O)N1C[C@H](O)C[C@H]1C(=O)NC(Cc1ccc(-c2ccccc2)cc1)C(N)=O)n1cc(C2CC2)nn1. The maximum atomic E-state index is 13.9. The standard InChI is InChI=1S/C31H38N6O4/c1-3-19(2)28(37-18-26(34-35-37)23-13-14-23)31(41)36-17-24(38)16-27(36)30(40)33-25(29(32)39)15-20-9-11-22(12-10-20)21-7-5-4-6-8-21/h4-12,18-19,23-25,27-28,38H,3,13-17H2,1-2H3,(H2,32,39)(H,33,40)/t19-,24+,25?,27-,28-/m0/s1. The fourth-order valence-electron chi connectivity index (χ4n) is 5.50. The van der Waals surface area contributed by atoms with Crippen molar-refractivity contribution in [3.8, 4) is 11.1 Å². The summed E-state index contributed by atoms with van der Waals surface area (Å²) in [5, 5.41) is 21.8. The van der Waals surface area contributed by atoms with E-state index in [1.54, 1.807) is 4.68 Å². The third-order valence-corrected chi connectivity index (χ3v) is 8.27. The molecule has 1 saturated carbocycles. The molecule has 3 aromatic rings. The van der Waals surface area contributed by atoms with Gasteiger partial charge in [0, 0.05) is 31.5 Å². The predicted molar refractivity (Wildman–Crippen MR) is 153 cm³/mol. The Morgan fingerprint density at radius 3 is 2.39 bits per heavy atom. The van der Waals surface area contributed by atoms with Crippen LogP contribution >= 0.6 is 0 Å². The highest BCUT2D eigenvalue weighted by atomic mass is 16.3. The molecule has 2 heterocycles. The van der Waals surface area contributed by atoms with Gasteiger partial charge in [0.2, 0.25) is 17.7 Å². The number of aliphatic hydroxyl groups is 1. The van der Waals surface area contributed by atoms with Crippen molar-refractivity contribution in [3.63, 3.8) is 0 Å². The van der Waals surface area contributed by atoms with Crippen LogP contribution in [0.1, 0.15) is 62.7 Å². The van der Waals surface area contributed by atoms with Gasteiger partial charge in [0.05, 0.1) is 11.8 Å². The van der Waals surface area contributed by atoms with E-state index in [9.17, 15) is 19.5 Å². The summed E-state index contributed by atoms with van der Waals surface area (Å²) >= 11 is 0. The molecule has 216 valence electrons. The minimum Gasteiger partial charge on any atom is -0.391 e. The normalized spacial score (nSPS) is 20.8. The number of hydrogen-bond donors (Lipinski definition) is 3. The van der Waals surface area contributed by atoms with Gasteiger partial charge in [-0.05, 0) is 35.4 Å². The zero-order chi connectivity index (χ0) is 29.1. The van der Waals surface area contributed by atoms with Crippen molar-refractivity contribution in [1.82, 2.24) is 25.2 Å². The first-order valence-electron chi connectivity index (χ1n) is 14.4. The largest absolute Gasteiger partial charge is 0.391 e. The molecule has 2 aliphatic rings. The maximum Gasteiger partial charge on any atom is 0.248 e. The number of aliphatic hydroxyl groups excluding tert-OH is 1. The van der Waals surface area contributed by atoms with Crippen LogP contribution in [0.25, 0.3) is 11.1 Å². The third kappa shape index (κ3) is 6.48. The molecule has 10 nitrogen and oxygen atoms in total. The monoisotopic (exact) mass is 558 g/mol. The van der Waals surface area contributed by atoms with Crippen molar-refractivity contribution < 1.29 is 19.5 Å². The average molecular weight is 559 g/mol. The average Bonchev–Trinajstić information content (AvgIpc) is 3.58. The number of likely N-dealkylation sites (tertiary alicyclic amines) is 1. The smallest absolute Gasteiger partial charge is 0.248 e. The molecule has 3 amide bonds. The number of hydrogen-bond acceptors (Lipinski definition) is 6. The van der Waals surface area contributed by atoms with Crippen molar-refractivity contribution in [2.45, 2.75) is 76.1 Å². The highest BCUT2D eigenvalue weighted by molar-refractivity contribution is 5.93. The molecule has 0 radical (unpaired) electrons. The number of β-amino-alcohol motifs (C(OH)–C–C–N with tert-alkyl or cyclic N) is 1. The van der Waals surface area contributed by atoms with Crippen LogP contribution in [0.3, 0.4) is 0 Å². The first kappa shape index (κ1) is 28.5. The zero-order valence-corrected chi connectivity index (χ0v) is 23.5. The van der Waals surface area contributed by atoms with E-state index in [-0.39, 0.29) is 31.2 Å². The van der Waals surface area contributed by atoms with Crippen molar-refractivity contribution >= 4 is 17.7 Å². The van der Waals surface area contributed by atoms with E-state index in [2.05, 4.69) is 15.6 Å². The van der Waals surface area contributed by atoms with Gasteiger partial charge in [-0.2, -0.15) is 0 Å². The Hall–Kier alpha value is -4.05. The van der Waals surface area contributed by atoms with E-state index in [1.807, 2.05) is 74.6 Å². The van der Waals surface area contributed by atoms with E-state index in [0.29, 0.717) is 5.92 Å². The minimum absolute atomic E-state index is 0.0240. The summed E-state index contributed by atoms with van der Waals surface area (Å²) in [4.78, 5) is 41.2. The zero-order valence-electron chi connectivity index (χ0n) is 23.5. The fourth-order valence-corrected chi connectivity index (χ4v) is 5.50. The molecular formula is C31H38N6O4. The number of primary amides is 1. The quantitative estimate of drug-likeness (QED) is 0.330. The fraction of sp³-hybridized carbons (Fsp3) is 0.452. The number of amides is 3. The molecule has 4 N–H and O–H groups in total. The Morgan fingerprint density at radius 2 is 1.76 bits per heavy atom. The van der Waals surface area contributed by atoms with Crippen LogP contribution in [0.2, 0.25) is 0 Å². The lowest BCUT2D eigenvalue weighted by molar-refractivity contribution is -0.143. The molecule has 0 spiro atoms. The van der Waals surface area contributed by atoms with Crippen LogP contribution < -0.4 is 11.1 Å². The van der Waals surface area contributed by atoms with Crippen molar-refractivity contribution in [2.75, 3.05) is 6.54 Å². The Balaban J connectivity index is 1.30. The number of nitrogens with one attached hydrogen (secondary N) is 1. The summed E-state index contributed by atoms with van der Waals surface area (Å²) in [5.41, 5.74) is 9.51. The van der Waals surface area contributed by atoms with Crippen LogP contribution in [0.5, 0.6) is 0 Å². The molecule has 10 heteroatoms. The number of aromatic nitrogens is 3. The number of carbonyl (C=O) groups is 3. The molecule has 5 rings (SSSR count). The van der Waals surface area contributed by atoms with E-state index in [1.165, 1.54) is 4.90 Å². The second-order valence-corrected chi connectivity index (χ2v) is 11.4. The molecule has 1 aromatic heterocycles. The molecule has 0 bridgehead atoms. The lowest BCUT2D eigenvalue weighted by Gasteiger charge is -2.31. The van der Waals surface area contributed by atoms with Crippen molar-refractivity contribution in [2.24, 2.45) is 11.7 Å². The lowest BCUT2D eigenvalue weighted by Crippen LogP contribution is -2.54. The Bertz CT molecular complexity index is 1370. The molecule has 41 heavy (non-hydrogen) atoms. The van der Waals surface area contributed by atoms with Crippen molar-refractivity contribution in [3.05, 3.63) is 72.1 Å². The topological polar surface area (TPSA) is 143 Å². The third-order valence-electron chi connectivity index (χ3n) is 8.27. The van der Waals surface area contributed by atoms with Gasteiger partial charge >= 0.3 is 0 Å². The molecule has 2 aromatic carbocycles. The predicted octanol–water partition coefficient (Wildman–Crippen LogP) is 2.58. The van der Waals surface area contributed by atoms with Gasteiger partial charge in [0.1, 0.15) is 18.1 Å². The van der Waals surface area contributed by atoms with Crippen LogP contribution in [0, 0.1) is 5.92 Å². The number of nitrogens with two attached hydrogens (primary N) is 1. The minimum atomic E-state index is -0.971. The highest BCUT2D eigenvalue weighted by Crippen LogP contribution is 2.39. The highest BCUT2D eigenvalue weighted by Gasteiger charge is 2.44.